The van der Waals surface area contributed by atoms with Gasteiger partial charge in [0.05, 0.1) is 17.6 Å². The molecule has 2 aromatic rings. The summed E-state index contributed by atoms with van der Waals surface area (Å²) in [5.74, 6) is 0.469. The summed E-state index contributed by atoms with van der Waals surface area (Å²) < 4.78 is 29.7. The molecule has 2 aromatic carbocycles. The minimum absolute atomic E-state index is 0.0313. The van der Waals surface area contributed by atoms with E-state index in [0.717, 1.165) is 0 Å². The Morgan fingerprint density at radius 2 is 1.86 bits per heavy atom. The van der Waals surface area contributed by atoms with Crippen molar-refractivity contribution in [2.45, 2.75) is 39.0 Å². The smallest absolute Gasteiger partial charge is 0.254 e. The lowest BCUT2D eigenvalue weighted by molar-refractivity contribution is 0.0681. The van der Waals surface area contributed by atoms with Crippen molar-refractivity contribution in [2.75, 3.05) is 11.5 Å². The summed E-state index contributed by atoms with van der Waals surface area (Å²) in [6, 6.07) is 11.6. The Bertz CT molecular complexity index is 990. The molecule has 1 atom stereocenters. The molecule has 1 saturated heterocycles. The number of benzene rings is 2. The van der Waals surface area contributed by atoms with Gasteiger partial charge in [-0.1, -0.05) is 29.3 Å². The van der Waals surface area contributed by atoms with E-state index in [9.17, 15) is 13.2 Å². The quantitative estimate of drug-likeness (QED) is 0.637. The molecule has 156 valence electrons. The van der Waals surface area contributed by atoms with Gasteiger partial charge in [0.15, 0.2) is 9.84 Å². The van der Waals surface area contributed by atoms with Gasteiger partial charge < -0.3 is 9.64 Å². The van der Waals surface area contributed by atoms with E-state index in [0.29, 0.717) is 33.3 Å². The molecule has 5 nitrogen and oxygen atoms in total. The zero-order chi connectivity index (χ0) is 21.2. The number of sulfone groups is 1. The Morgan fingerprint density at radius 1 is 1.17 bits per heavy atom. The molecule has 1 aliphatic rings. The molecule has 0 aliphatic carbocycles. The van der Waals surface area contributed by atoms with Gasteiger partial charge in [0.2, 0.25) is 0 Å². The molecule has 1 unspecified atom stereocenters. The summed E-state index contributed by atoms with van der Waals surface area (Å²) >= 11 is 12.3. The maximum Gasteiger partial charge on any atom is 0.254 e. The average molecular weight is 456 g/mol. The Morgan fingerprint density at radius 3 is 2.41 bits per heavy atom. The van der Waals surface area contributed by atoms with E-state index >= 15 is 0 Å². The van der Waals surface area contributed by atoms with Gasteiger partial charge in [-0.15, -0.1) is 0 Å². The SMILES string of the molecule is CC(C)Oc1ccc(C(=O)N(Cc2ccc(Cl)cc2Cl)C2CCS(=O)(=O)C2)cc1. The molecular weight excluding hydrogens is 433 g/mol. The zero-order valence-corrected chi connectivity index (χ0v) is 18.6. The minimum Gasteiger partial charge on any atom is -0.491 e. The number of halogens is 2. The van der Waals surface area contributed by atoms with E-state index in [-0.39, 0.29) is 30.1 Å². The fraction of sp³-hybridized carbons (Fsp3) is 0.381. The largest absolute Gasteiger partial charge is 0.491 e. The number of hydrogen-bond acceptors (Lipinski definition) is 4. The normalized spacial score (nSPS) is 18.0. The van der Waals surface area contributed by atoms with Crippen LogP contribution in [-0.4, -0.2) is 42.9 Å². The molecule has 0 spiro atoms. The van der Waals surface area contributed by atoms with Gasteiger partial charge in [-0.25, -0.2) is 8.42 Å². The molecule has 0 N–H and O–H groups in total. The molecule has 1 heterocycles. The first-order valence-corrected chi connectivity index (χ1v) is 11.9. The van der Waals surface area contributed by atoms with E-state index in [1.165, 1.54) is 0 Å². The maximum absolute atomic E-state index is 13.3. The first-order chi connectivity index (χ1) is 13.6. The molecule has 0 saturated carbocycles. The predicted molar refractivity (Wildman–Crippen MR) is 116 cm³/mol. The van der Waals surface area contributed by atoms with Crippen molar-refractivity contribution in [3.8, 4) is 5.75 Å². The lowest BCUT2D eigenvalue weighted by Gasteiger charge is -2.29. The van der Waals surface area contributed by atoms with Crippen LogP contribution < -0.4 is 4.74 Å². The Labute approximate surface area is 181 Å². The van der Waals surface area contributed by atoms with Gasteiger partial charge in [0.25, 0.3) is 5.91 Å². The van der Waals surface area contributed by atoms with Crippen LogP contribution in [0.15, 0.2) is 42.5 Å². The van der Waals surface area contributed by atoms with E-state index in [4.69, 9.17) is 27.9 Å². The Hall–Kier alpha value is -1.76. The van der Waals surface area contributed by atoms with Crippen LogP contribution in [0.2, 0.25) is 10.0 Å². The van der Waals surface area contributed by atoms with Crippen molar-refractivity contribution in [1.29, 1.82) is 0 Å². The van der Waals surface area contributed by atoms with Crippen LogP contribution in [0.4, 0.5) is 0 Å². The third kappa shape index (κ3) is 5.65. The highest BCUT2D eigenvalue weighted by atomic mass is 35.5. The second kappa shape index (κ2) is 8.94. The molecule has 8 heteroatoms. The van der Waals surface area contributed by atoms with Gasteiger partial charge in [-0.2, -0.15) is 0 Å². The fourth-order valence-corrected chi connectivity index (χ4v) is 5.53. The third-order valence-electron chi connectivity index (χ3n) is 4.74. The number of hydrogen-bond donors (Lipinski definition) is 0. The monoisotopic (exact) mass is 455 g/mol. The van der Waals surface area contributed by atoms with Crippen molar-refractivity contribution in [3.63, 3.8) is 0 Å². The molecule has 0 bridgehead atoms. The van der Waals surface area contributed by atoms with Gasteiger partial charge in [0, 0.05) is 28.2 Å². The number of nitrogens with zero attached hydrogens (tertiary/aromatic N) is 1. The van der Waals surface area contributed by atoms with Crippen molar-refractivity contribution in [2.24, 2.45) is 0 Å². The molecule has 1 aliphatic heterocycles. The highest BCUT2D eigenvalue weighted by molar-refractivity contribution is 7.91. The van der Waals surface area contributed by atoms with E-state index in [2.05, 4.69) is 0 Å². The number of ether oxygens (including phenoxy) is 1. The van der Waals surface area contributed by atoms with Crippen LogP contribution in [0, 0.1) is 0 Å². The van der Waals surface area contributed by atoms with E-state index in [1.807, 2.05) is 13.8 Å². The molecular formula is C21H23Cl2NO4S. The average Bonchev–Trinajstić information content (AvgIpc) is 3.00. The summed E-state index contributed by atoms with van der Waals surface area (Å²) in [4.78, 5) is 14.9. The second-order valence-corrected chi connectivity index (χ2v) is 10.5. The summed E-state index contributed by atoms with van der Waals surface area (Å²) in [5, 5.41) is 0.942. The number of rotatable bonds is 6. The van der Waals surface area contributed by atoms with Crippen molar-refractivity contribution in [3.05, 3.63) is 63.6 Å². The van der Waals surface area contributed by atoms with Crippen molar-refractivity contribution in [1.82, 2.24) is 4.90 Å². The number of amides is 1. The van der Waals surface area contributed by atoms with Crippen LogP contribution in [0.5, 0.6) is 5.75 Å². The number of carbonyl (C=O) groups is 1. The first-order valence-electron chi connectivity index (χ1n) is 9.36. The second-order valence-electron chi connectivity index (χ2n) is 7.42. The van der Waals surface area contributed by atoms with Crippen molar-refractivity contribution >= 4 is 38.9 Å². The molecule has 0 aromatic heterocycles. The Kier molecular flexibility index (Phi) is 6.76. The van der Waals surface area contributed by atoms with E-state index < -0.39 is 15.9 Å². The lowest BCUT2D eigenvalue weighted by Crippen LogP contribution is -2.40. The highest BCUT2D eigenvalue weighted by Crippen LogP contribution is 2.27. The molecule has 3 rings (SSSR count). The zero-order valence-electron chi connectivity index (χ0n) is 16.3. The summed E-state index contributed by atoms with van der Waals surface area (Å²) in [5.41, 5.74) is 1.18. The van der Waals surface area contributed by atoms with E-state index in [1.54, 1.807) is 47.4 Å². The topological polar surface area (TPSA) is 63.7 Å². The predicted octanol–water partition coefficient (Wildman–Crippen LogP) is 4.61. The first kappa shape index (κ1) is 21.9. The van der Waals surface area contributed by atoms with Gasteiger partial charge in [-0.05, 0) is 62.2 Å². The highest BCUT2D eigenvalue weighted by Gasteiger charge is 2.35. The van der Waals surface area contributed by atoms with Gasteiger partial charge in [-0.3, -0.25) is 4.79 Å². The summed E-state index contributed by atoms with van der Waals surface area (Å²) in [6.45, 7) is 4.06. The molecule has 0 radical (unpaired) electrons. The van der Waals surface area contributed by atoms with Crippen molar-refractivity contribution < 1.29 is 17.9 Å². The van der Waals surface area contributed by atoms with Crippen LogP contribution >= 0.6 is 23.2 Å². The van der Waals surface area contributed by atoms with Crippen LogP contribution in [0.1, 0.15) is 36.2 Å². The Balaban J connectivity index is 1.88. The van der Waals surface area contributed by atoms with Crippen LogP contribution in [0.25, 0.3) is 0 Å². The standard InChI is InChI=1S/C21H23Cl2NO4S/c1-14(2)28-19-7-4-15(5-8-19)21(25)24(18-9-10-29(26,27)13-18)12-16-3-6-17(22)11-20(16)23/h3-8,11,14,18H,9-10,12-13H2,1-2H3. The maximum atomic E-state index is 13.3. The number of carbonyl (C=O) groups excluding carboxylic acids is 1. The fourth-order valence-electron chi connectivity index (χ4n) is 3.34. The lowest BCUT2D eigenvalue weighted by atomic mass is 10.1. The summed E-state index contributed by atoms with van der Waals surface area (Å²) in [7, 11) is -3.15. The molecule has 1 amide bonds. The molecule has 29 heavy (non-hydrogen) atoms. The molecule has 1 fully saturated rings. The summed E-state index contributed by atoms with van der Waals surface area (Å²) in [6.07, 6.45) is 0.442. The van der Waals surface area contributed by atoms with Crippen LogP contribution in [0.3, 0.4) is 0 Å². The minimum atomic E-state index is -3.15. The van der Waals surface area contributed by atoms with Gasteiger partial charge in [0.1, 0.15) is 5.75 Å². The van der Waals surface area contributed by atoms with Crippen LogP contribution in [-0.2, 0) is 16.4 Å². The third-order valence-corrected chi connectivity index (χ3v) is 7.08. The van der Waals surface area contributed by atoms with Gasteiger partial charge >= 0.3 is 0 Å².